The van der Waals surface area contributed by atoms with Crippen LogP contribution >= 0.6 is 0 Å². The maximum absolute atomic E-state index is 11.3. The Hall–Kier alpha value is -2.12. The van der Waals surface area contributed by atoms with Gasteiger partial charge in [-0.25, -0.2) is 0 Å². The van der Waals surface area contributed by atoms with E-state index < -0.39 is 16.4 Å². The van der Waals surface area contributed by atoms with Crippen LogP contribution in [0.25, 0.3) is 0 Å². The molecule has 0 aliphatic heterocycles. The number of aromatic nitrogens is 2. The van der Waals surface area contributed by atoms with Crippen LogP contribution in [0, 0.1) is 10.1 Å². The van der Waals surface area contributed by atoms with Crippen molar-refractivity contribution in [2.45, 2.75) is 25.8 Å². The van der Waals surface area contributed by atoms with Gasteiger partial charge in [-0.2, -0.15) is 0 Å². The first-order chi connectivity index (χ1) is 7.81. The highest BCUT2D eigenvalue weighted by Crippen LogP contribution is 2.26. The molecule has 0 aliphatic rings. The minimum atomic E-state index is -1.04. The minimum absolute atomic E-state index is 0.165. The largest absolute Gasteiger partial charge is 0.406 e. The number of nitro groups is 1. The highest BCUT2D eigenvalue weighted by Gasteiger charge is 2.33. The summed E-state index contributed by atoms with van der Waals surface area (Å²) in [7, 11) is 1.60. The number of nitrogens with zero attached hydrogens (tertiary/aromatic N) is 3. The number of anilines is 1. The molecule has 1 atom stereocenters. The zero-order valence-electron chi connectivity index (χ0n) is 9.93. The average molecular weight is 241 g/mol. The van der Waals surface area contributed by atoms with E-state index in [9.17, 15) is 14.9 Å². The summed E-state index contributed by atoms with van der Waals surface area (Å²) in [6, 6.07) is 0. The third-order valence-corrected chi connectivity index (χ3v) is 2.74. The monoisotopic (exact) mass is 241 g/mol. The first kappa shape index (κ1) is 12.9. The van der Waals surface area contributed by atoms with Crippen molar-refractivity contribution >= 4 is 17.5 Å². The van der Waals surface area contributed by atoms with Crippen molar-refractivity contribution in [1.29, 1.82) is 0 Å². The molecule has 8 heteroatoms. The Balaban J connectivity index is 3.14. The number of hydrogen-bond donors (Lipinski definition) is 2. The van der Waals surface area contributed by atoms with Crippen molar-refractivity contribution in [2.75, 3.05) is 5.32 Å². The van der Waals surface area contributed by atoms with E-state index in [0.29, 0.717) is 6.42 Å². The second-order valence-electron chi connectivity index (χ2n) is 3.96. The number of hydrogen-bond acceptors (Lipinski definition) is 5. The van der Waals surface area contributed by atoms with Crippen LogP contribution in [-0.2, 0) is 11.8 Å². The van der Waals surface area contributed by atoms with Gasteiger partial charge in [-0.1, -0.05) is 6.92 Å². The van der Waals surface area contributed by atoms with Crippen molar-refractivity contribution in [2.24, 2.45) is 12.8 Å². The van der Waals surface area contributed by atoms with Crippen LogP contribution in [0.5, 0.6) is 0 Å². The van der Waals surface area contributed by atoms with Crippen LogP contribution in [0.3, 0.4) is 0 Å². The fourth-order valence-corrected chi connectivity index (χ4v) is 1.28. The van der Waals surface area contributed by atoms with Gasteiger partial charge in [0, 0.05) is 7.05 Å². The van der Waals surface area contributed by atoms with Crippen LogP contribution < -0.4 is 11.1 Å². The standard InChI is InChI=1S/C9H15N5O3/c1-4-9(2,8(10)15)12-7-6(14(16)17)11-5-13(7)3/h5,12H,4H2,1-3H3,(H2,10,15). The van der Waals surface area contributed by atoms with Gasteiger partial charge in [0.15, 0.2) is 0 Å². The number of carbonyl (C=O) groups is 1. The van der Waals surface area contributed by atoms with E-state index >= 15 is 0 Å². The molecule has 0 spiro atoms. The Morgan fingerprint density at radius 3 is 2.76 bits per heavy atom. The average Bonchev–Trinajstić information content (AvgIpc) is 2.60. The molecule has 0 radical (unpaired) electrons. The van der Waals surface area contributed by atoms with Crippen molar-refractivity contribution in [1.82, 2.24) is 9.55 Å². The quantitative estimate of drug-likeness (QED) is 0.571. The zero-order chi connectivity index (χ0) is 13.2. The Morgan fingerprint density at radius 2 is 2.35 bits per heavy atom. The molecule has 1 aromatic heterocycles. The maximum Gasteiger partial charge on any atom is 0.406 e. The van der Waals surface area contributed by atoms with Gasteiger partial charge in [-0.3, -0.25) is 9.36 Å². The van der Waals surface area contributed by atoms with E-state index in [2.05, 4.69) is 10.3 Å². The number of nitrogens with two attached hydrogens (primary N) is 1. The SMILES string of the molecule is CCC(C)(Nc1c([N+](=O)[O-])ncn1C)C(N)=O. The molecule has 17 heavy (non-hydrogen) atoms. The van der Waals surface area contributed by atoms with Crippen molar-refractivity contribution in [3.05, 3.63) is 16.4 Å². The number of carbonyl (C=O) groups excluding carboxylic acids is 1. The van der Waals surface area contributed by atoms with Crippen molar-refractivity contribution in [3.8, 4) is 0 Å². The molecular weight excluding hydrogens is 226 g/mol. The molecule has 1 aromatic rings. The Bertz CT molecular complexity index is 455. The Kier molecular flexibility index (Phi) is 3.35. The lowest BCUT2D eigenvalue weighted by molar-refractivity contribution is -0.388. The summed E-state index contributed by atoms with van der Waals surface area (Å²) < 4.78 is 1.44. The van der Waals surface area contributed by atoms with Crippen molar-refractivity contribution < 1.29 is 9.72 Å². The second kappa shape index (κ2) is 4.40. The Morgan fingerprint density at radius 1 is 1.76 bits per heavy atom. The lowest BCUT2D eigenvalue weighted by atomic mass is 9.98. The maximum atomic E-state index is 11.3. The summed E-state index contributed by atoms with van der Waals surface area (Å²) >= 11 is 0. The Labute approximate surface area is 98.0 Å². The molecular formula is C9H15N5O3. The zero-order valence-corrected chi connectivity index (χ0v) is 9.93. The van der Waals surface area contributed by atoms with E-state index in [-0.39, 0.29) is 11.6 Å². The number of nitrogens with one attached hydrogen (secondary N) is 1. The van der Waals surface area contributed by atoms with E-state index in [1.165, 1.54) is 10.9 Å². The van der Waals surface area contributed by atoms with E-state index in [4.69, 9.17) is 5.73 Å². The molecule has 8 nitrogen and oxygen atoms in total. The van der Waals surface area contributed by atoms with Crippen LogP contribution in [0.4, 0.5) is 11.6 Å². The summed E-state index contributed by atoms with van der Waals surface area (Å²) in [6.07, 6.45) is 1.71. The molecule has 1 unspecified atom stereocenters. The molecule has 1 heterocycles. The second-order valence-corrected chi connectivity index (χ2v) is 3.96. The summed E-state index contributed by atoms with van der Waals surface area (Å²) in [5, 5.41) is 13.5. The fraction of sp³-hybridized carbons (Fsp3) is 0.556. The lowest BCUT2D eigenvalue weighted by Gasteiger charge is -2.26. The number of imidazole rings is 1. The molecule has 0 fully saturated rings. The van der Waals surface area contributed by atoms with E-state index in [1.807, 2.05) is 0 Å². The molecule has 1 amide bonds. The van der Waals surface area contributed by atoms with Gasteiger partial charge in [-0.15, -0.1) is 0 Å². The van der Waals surface area contributed by atoms with Gasteiger partial charge in [-0.05, 0) is 23.3 Å². The van der Waals surface area contributed by atoms with Crippen LogP contribution in [0.2, 0.25) is 0 Å². The minimum Gasteiger partial charge on any atom is -0.368 e. The summed E-state index contributed by atoms with van der Waals surface area (Å²) in [5.41, 5.74) is 4.23. The number of amides is 1. The molecule has 0 saturated carbocycles. The number of primary amides is 1. The van der Waals surface area contributed by atoms with Gasteiger partial charge in [0.2, 0.25) is 18.1 Å². The normalized spacial score (nSPS) is 14.1. The third-order valence-electron chi connectivity index (χ3n) is 2.74. The highest BCUT2D eigenvalue weighted by molar-refractivity contribution is 5.87. The summed E-state index contributed by atoms with van der Waals surface area (Å²) in [4.78, 5) is 25.1. The number of rotatable bonds is 5. The molecule has 3 N–H and O–H groups in total. The molecule has 0 aromatic carbocycles. The van der Waals surface area contributed by atoms with Gasteiger partial charge in [0.05, 0.1) is 0 Å². The fourth-order valence-electron chi connectivity index (χ4n) is 1.28. The first-order valence-electron chi connectivity index (χ1n) is 5.05. The predicted molar refractivity (Wildman–Crippen MR) is 61.4 cm³/mol. The smallest absolute Gasteiger partial charge is 0.368 e. The number of aryl methyl sites for hydroxylation is 1. The molecule has 0 bridgehead atoms. The topological polar surface area (TPSA) is 116 Å². The van der Waals surface area contributed by atoms with Gasteiger partial charge in [0.1, 0.15) is 5.54 Å². The predicted octanol–water partition coefficient (Wildman–Crippen LogP) is 0.394. The van der Waals surface area contributed by atoms with E-state index in [1.54, 1.807) is 20.9 Å². The highest BCUT2D eigenvalue weighted by atomic mass is 16.6. The molecule has 0 saturated heterocycles. The molecule has 1 rings (SSSR count). The van der Waals surface area contributed by atoms with Gasteiger partial charge < -0.3 is 21.2 Å². The van der Waals surface area contributed by atoms with E-state index in [0.717, 1.165) is 0 Å². The van der Waals surface area contributed by atoms with Gasteiger partial charge >= 0.3 is 5.82 Å². The summed E-state index contributed by atoms with van der Waals surface area (Å²) in [6.45, 7) is 3.35. The van der Waals surface area contributed by atoms with Gasteiger partial charge in [0.25, 0.3) is 0 Å². The van der Waals surface area contributed by atoms with Crippen LogP contribution in [0.15, 0.2) is 6.33 Å². The van der Waals surface area contributed by atoms with Crippen LogP contribution in [-0.4, -0.2) is 25.9 Å². The lowest BCUT2D eigenvalue weighted by Crippen LogP contribution is -2.47. The molecule has 94 valence electrons. The first-order valence-corrected chi connectivity index (χ1v) is 5.05. The third kappa shape index (κ3) is 2.35. The molecule has 0 aliphatic carbocycles. The summed E-state index contributed by atoms with van der Waals surface area (Å²) in [5.74, 6) is -0.734. The van der Waals surface area contributed by atoms with Crippen molar-refractivity contribution in [3.63, 3.8) is 0 Å². The van der Waals surface area contributed by atoms with Crippen LogP contribution in [0.1, 0.15) is 20.3 Å².